The summed E-state index contributed by atoms with van der Waals surface area (Å²) in [7, 11) is -3.74. The molecule has 0 aliphatic carbocycles. The molecule has 9 heteroatoms. The Bertz CT molecular complexity index is 1110. The van der Waals surface area contributed by atoms with Crippen molar-refractivity contribution in [1.82, 2.24) is 5.32 Å². The van der Waals surface area contributed by atoms with Crippen molar-refractivity contribution in [2.24, 2.45) is 0 Å². The molecule has 28 heavy (non-hydrogen) atoms. The van der Waals surface area contributed by atoms with Crippen LogP contribution in [-0.4, -0.2) is 21.1 Å². The molecule has 0 radical (unpaired) electrons. The lowest BCUT2D eigenvalue weighted by Gasteiger charge is -2.12. The predicted octanol–water partition coefficient (Wildman–Crippen LogP) is 3.21. The topological polar surface area (TPSA) is 93.7 Å². The fourth-order valence-electron chi connectivity index (χ4n) is 2.71. The number of para-hydroxylation sites is 1. The number of ether oxygens (including phenoxy) is 2. The number of carbonyl (C=O) groups excluding carboxylic acids is 1. The van der Waals surface area contributed by atoms with Gasteiger partial charge in [-0.3, -0.25) is 9.52 Å². The number of benzene rings is 2. The van der Waals surface area contributed by atoms with E-state index in [1.165, 1.54) is 6.07 Å². The number of hydrogen-bond donors (Lipinski definition) is 2. The summed E-state index contributed by atoms with van der Waals surface area (Å²) in [4.78, 5) is 12.6. The van der Waals surface area contributed by atoms with Crippen molar-refractivity contribution in [1.29, 1.82) is 0 Å². The van der Waals surface area contributed by atoms with Gasteiger partial charge < -0.3 is 14.8 Å². The minimum atomic E-state index is -3.74. The van der Waals surface area contributed by atoms with Gasteiger partial charge >= 0.3 is 0 Å². The predicted molar refractivity (Wildman–Crippen MR) is 105 cm³/mol. The largest absolute Gasteiger partial charge is 0.454 e. The number of nitrogens with one attached hydrogen (secondary N) is 2. The lowest BCUT2D eigenvalue weighted by atomic mass is 10.1. The number of fused-ring (bicyclic) bond motifs is 1. The highest BCUT2D eigenvalue weighted by molar-refractivity contribution is 7.94. The van der Waals surface area contributed by atoms with Gasteiger partial charge in [-0.25, -0.2) is 8.42 Å². The monoisotopic (exact) mass is 416 g/mol. The van der Waals surface area contributed by atoms with Gasteiger partial charge in [-0.1, -0.05) is 24.3 Å². The minimum Gasteiger partial charge on any atom is -0.454 e. The fourth-order valence-corrected chi connectivity index (χ4v) is 4.78. The standard InChI is InChI=1S/C19H16N2O5S2/c22-19(20-11-13-7-8-16-17(10-13)26-12-25-16)14-4-1-2-5-15(14)21-28(23,24)18-6-3-9-27-18/h1-10,21H,11-12H2,(H,20,22). The van der Waals surface area contributed by atoms with Crippen LogP contribution in [0, 0.1) is 0 Å². The molecule has 1 aliphatic rings. The van der Waals surface area contributed by atoms with Crippen molar-refractivity contribution < 1.29 is 22.7 Å². The van der Waals surface area contributed by atoms with Crippen molar-refractivity contribution in [3.05, 3.63) is 71.1 Å². The third kappa shape index (κ3) is 3.80. The summed E-state index contributed by atoms with van der Waals surface area (Å²) >= 11 is 1.11. The lowest BCUT2D eigenvalue weighted by Crippen LogP contribution is -2.24. The van der Waals surface area contributed by atoms with E-state index in [1.807, 2.05) is 6.07 Å². The highest BCUT2D eigenvalue weighted by Crippen LogP contribution is 2.32. The fraction of sp³-hybridized carbons (Fsp3) is 0.105. The van der Waals surface area contributed by atoms with Crippen LogP contribution >= 0.6 is 11.3 Å². The van der Waals surface area contributed by atoms with Crippen LogP contribution in [-0.2, 0) is 16.6 Å². The van der Waals surface area contributed by atoms with E-state index >= 15 is 0 Å². The Kier molecular flexibility index (Phi) is 4.93. The van der Waals surface area contributed by atoms with E-state index < -0.39 is 10.0 Å². The molecule has 2 N–H and O–H groups in total. The van der Waals surface area contributed by atoms with Crippen LogP contribution in [0.5, 0.6) is 11.5 Å². The van der Waals surface area contributed by atoms with Crippen LogP contribution in [0.15, 0.2) is 64.2 Å². The number of thiophene rings is 1. The van der Waals surface area contributed by atoms with Gasteiger partial charge in [-0.05, 0) is 41.3 Å². The Balaban J connectivity index is 1.49. The second kappa shape index (κ2) is 7.53. The first kappa shape index (κ1) is 18.3. The molecule has 1 amide bonds. The van der Waals surface area contributed by atoms with Crippen molar-refractivity contribution in [3.63, 3.8) is 0 Å². The van der Waals surface area contributed by atoms with E-state index in [2.05, 4.69) is 10.0 Å². The smallest absolute Gasteiger partial charge is 0.271 e. The minimum absolute atomic E-state index is 0.183. The molecular formula is C19H16N2O5S2. The van der Waals surface area contributed by atoms with Gasteiger partial charge in [-0.15, -0.1) is 11.3 Å². The zero-order valence-corrected chi connectivity index (χ0v) is 16.2. The van der Waals surface area contributed by atoms with Gasteiger partial charge in [0.05, 0.1) is 11.3 Å². The zero-order chi connectivity index (χ0) is 19.6. The summed E-state index contributed by atoms with van der Waals surface area (Å²) < 4.78 is 38.2. The first-order valence-electron chi connectivity index (χ1n) is 8.35. The van der Waals surface area contributed by atoms with Crippen LogP contribution < -0.4 is 19.5 Å². The summed E-state index contributed by atoms with van der Waals surface area (Å²) in [5.41, 5.74) is 1.30. The molecule has 4 rings (SSSR count). The molecule has 0 atom stereocenters. The molecule has 0 saturated carbocycles. The number of anilines is 1. The van der Waals surface area contributed by atoms with E-state index in [-0.39, 0.29) is 34.7 Å². The Morgan fingerprint density at radius 1 is 1.04 bits per heavy atom. The van der Waals surface area contributed by atoms with Crippen molar-refractivity contribution >= 4 is 33.0 Å². The molecule has 2 aromatic carbocycles. The summed E-state index contributed by atoms with van der Waals surface area (Å²) in [5.74, 6) is 0.918. The molecule has 1 aliphatic heterocycles. The van der Waals surface area contributed by atoms with Crippen LogP contribution in [0.1, 0.15) is 15.9 Å². The van der Waals surface area contributed by atoms with Crippen LogP contribution in [0.25, 0.3) is 0 Å². The van der Waals surface area contributed by atoms with Gasteiger partial charge in [0.15, 0.2) is 11.5 Å². The first-order chi connectivity index (χ1) is 13.5. The molecular weight excluding hydrogens is 400 g/mol. The molecule has 2 heterocycles. The molecule has 0 saturated heterocycles. The number of rotatable bonds is 6. The quantitative estimate of drug-likeness (QED) is 0.644. The summed E-state index contributed by atoms with van der Waals surface area (Å²) in [5, 5.41) is 4.48. The van der Waals surface area contributed by atoms with Gasteiger partial charge in [-0.2, -0.15) is 0 Å². The Hall–Kier alpha value is -3.04. The molecule has 144 valence electrons. The van der Waals surface area contributed by atoms with Gasteiger partial charge in [0.2, 0.25) is 6.79 Å². The van der Waals surface area contributed by atoms with Gasteiger partial charge in [0.25, 0.3) is 15.9 Å². The molecule has 1 aromatic heterocycles. The van der Waals surface area contributed by atoms with E-state index in [1.54, 1.807) is 47.8 Å². The highest BCUT2D eigenvalue weighted by atomic mass is 32.2. The molecule has 0 fully saturated rings. The Morgan fingerprint density at radius 2 is 1.86 bits per heavy atom. The van der Waals surface area contributed by atoms with Crippen LogP contribution in [0.4, 0.5) is 5.69 Å². The normalized spacial score (nSPS) is 12.6. The highest BCUT2D eigenvalue weighted by Gasteiger charge is 2.19. The van der Waals surface area contributed by atoms with Crippen molar-refractivity contribution in [2.75, 3.05) is 11.5 Å². The second-order valence-corrected chi connectivity index (χ2v) is 8.81. The summed E-state index contributed by atoms with van der Waals surface area (Å²) in [6.07, 6.45) is 0. The van der Waals surface area contributed by atoms with Crippen molar-refractivity contribution in [3.8, 4) is 11.5 Å². The molecule has 7 nitrogen and oxygen atoms in total. The maximum Gasteiger partial charge on any atom is 0.271 e. The second-order valence-electron chi connectivity index (χ2n) is 5.95. The molecule has 3 aromatic rings. The van der Waals surface area contributed by atoms with E-state index in [0.717, 1.165) is 16.9 Å². The lowest BCUT2D eigenvalue weighted by molar-refractivity contribution is 0.0951. The Labute approximate surface area is 166 Å². The SMILES string of the molecule is O=C(NCc1ccc2c(c1)OCO2)c1ccccc1NS(=O)(=O)c1cccs1. The molecule has 0 bridgehead atoms. The first-order valence-corrected chi connectivity index (χ1v) is 10.7. The molecule has 0 spiro atoms. The molecule has 0 unspecified atom stereocenters. The zero-order valence-electron chi connectivity index (χ0n) is 14.5. The van der Waals surface area contributed by atoms with Gasteiger partial charge in [0, 0.05) is 6.54 Å². The number of hydrogen-bond acceptors (Lipinski definition) is 6. The van der Waals surface area contributed by atoms with E-state index in [4.69, 9.17) is 9.47 Å². The summed E-state index contributed by atoms with van der Waals surface area (Å²) in [6, 6.07) is 15.1. The summed E-state index contributed by atoms with van der Waals surface area (Å²) in [6.45, 7) is 0.449. The third-order valence-corrected chi connectivity index (χ3v) is 6.83. The maximum atomic E-state index is 12.6. The van der Waals surface area contributed by atoms with Gasteiger partial charge in [0.1, 0.15) is 4.21 Å². The third-order valence-electron chi connectivity index (χ3n) is 4.07. The number of amides is 1. The average molecular weight is 416 g/mol. The number of carbonyl (C=O) groups is 1. The average Bonchev–Trinajstić information content (AvgIpc) is 3.38. The Morgan fingerprint density at radius 3 is 2.68 bits per heavy atom. The number of sulfonamides is 1. The van der Waals surface area contributed by atoms with Crippen LogP contribution in [0.2, 0.25) is 0 Å². The van der Waals surface area contributed by atoms with Crippen molar-refractivity contribution in [2.45, 2.75) is 10.8 Å². The van der Waals surface area contributed by atoms with E-state index in [0.29, 0.717) is 11.5 Å². The van der Waals surface area contributed by atoms with Crippen LogP contribution in [0.3, 0.4) is 0 Å². The maximum absolute atomic E-state index is 12.6. The van der Waals surface area contributed by atoms with E-state index in [9.17, 15) is 13.2 Å².